The Hall–Kier alpha value is -1.63. The topological polar surface area (TPSA) is 79.0 Å². The number of carbonyl (C=O) groups excluding carboxylic acids is 1. The minimum absolute atomic E-state index is 0.0648. The van der Waals surface area contributed by atoms with Crippen molar-refractivity contribution in [1.29, 1.82) is 0 Å². The number of β-amino-alcohol motifs (C(OH)–C–C–N with tert-alkyl or cyclic N) is 1. The van der Waals surface area contributed by atoms with Gasteiger partial charge in [-0.3, -0.25) is 9.69 Å². The van der Waals surface area contributed by atoms with Crippen LogP contribution in [0.1, 0.15) is 19.8 Å². The lowest BCUT2D eigenvalue weighted by atomic mass is 10.1. The summed E-state index contributed by atoms with van der Waals surface area (Å²) in [7, 11) is 0. The molecule has 1 amide bonds. The predicted molar refractivity (Wildman–Crippen MR) is 93.8 cm³/mol. The molecule has 1 aliphatic rings. The van der Waals surface area contributed by atoms with Crippen LogP contribution < -0.4 is 10.5 Å². The van der Waals surface area contributed by atoms with E-state index in [1.165, 1.54) is 0 Å². The van der Waals surface area contributed by atoms with Crippen molar-refractivity contribution in [1.82, 2.24) is 9.80 Å². The molecule has 0 bridgehead atoms. The van der Waals surface area contributed by atoms with Crippen molar-refractivity contribution >= 4 is 5.91 Å². The van der Waals surface area contributed by atoms with Gasteiger partial charge >= 0.3 is 0 Å². The first-order valence-corrected chi connectivity index (χ1v) is 8.66. The zero-order valence-corrected chi connectivity index (χ0v) is 14.4. The molecule has 0 spiro atoms. The zero-order valence-electron chi connectivity index (χ0n) is 14.4. The maximum Gasteiger partial charge on any atom is 0.222 e. The number of rotatable bonds is 8. The summed E-state index contributed by atoms with van der Waals surface area (Å²) < 4.78 is 5.57. The van der Waals surface area contributed by atoms with Crippen molar-refractivity contribution in [3.05, 3.63) is 30.3 Å². The van der Waals surface area contributed by atoms with Gasteiger partial charge in [0.1, 0.15) is 18.5 Å². The van der Waals surface area contributed by atoms with E-state index in [2.05, 4.69) is 4.90 Å². The van der Waals surface area contributed by atoms with Crippen LogP contribution in [0.15, 0.2) is 30.3 Å². The fraction of sp³-hybridized carbons (Fsp3) is 0.611. The standard InChI is InChI=1S/C18H29N3O3/c1-15(19)7-8-18(23)21-11-9-20(10-12-21)13-16(22)14-24-17-5-3-2-4-6-17/h2-6,15-16,22H,7-14,19H2,1H3. The molecule has 1 aromatic carbocycles. The number of carbonyl (C=O) groups is 1. The maximum absolute atomic E-state index is 12.1. The third-order valence-electron chi connectivity index (χ3n) is 4.19. The Bertz CT molecular complexity index is 488. The Morgan fingerprint density at radius 3 is 2.54 bits per heavy atom. The van der Waals surface area contributed by atoms with E-state index in [4.69, 9.17) is 10.5 Å². The zero-order chi connectivity index (χ0) is 17.4. The fourth-order valence-corrected chi connectivity index (χ4v) is 2.75. The van der Waals surface area contributed by atoms with Gasteiger partial charge < -0.3 is 20.5 Å². The van der Waals surface area contributed by atoms with Crippen LogP contribution in [-0.4, -0.2) is 72.3 Å². The molecule has 0 saturated carbocycles. The second-order valence-corrected chi connectivity index (χ2v) is 6.48. The first kappa shape index (κ1) is 18.7. The van der Waals surface area contributed by atoms with Gasteiger partial charge in [-0.1, -0.05) is 18.2 Å². The third-order valence-corrected chi connectivity index (χ3v) is 4.19. The van der Waals surface area contributed by atoms with E-state index in [-0.39, 0.29) is 18.6 Å². The predicted octanol–water partition coefficient (Wildman–Crippen LogP) is 0.698. The molecule has 1 aromatic rings. The van der Waals surface area contributed by atoms with Gasteiger partial charge in [0, 0.05) is 45.2 Å². The summed E-state index contributed by atoms with van der Waals surface area (Å²) in [5.41, 5.74) is 5.70. The summed E-state index contributed by atoms with van der Waals surface area (Å²) in [4.78, 5) is 16.1. The third kappa shape index (κ3) is 6.47. The minimum atomic E-state index is -0.537. The average Bonchev–Trinajstić information content (AvgIpc) is 2.59. The van der Waals surface area contributed by atoms with Crippen LogP contribution in [0.2, 0.25) is 0 Å². The molecule has 6 heteroatoms. The number of aliphatic hydroxyl groups excluding tert-OH is 1. The van der Waals surface area contributed by atoms with Crippen LogP contribution in [0.4, 0.5) is 0 Å². The Labute approximate surface area is 144 Å². The van der Waals surface area contributed by atoms with Gasteiger partial charge in [-0.25, -0.2) is 0 Å². The van der Waals surface area contributed by atoms with Crippen molar-refractivity contribution in [3.8, 4) is 5.75 Å². The van der Waals surface area contributed by atoms with E-state index in [1.807, 2.05) is 42.2 Å². The van der Waals surface area contributed by atoms with Gasteiger partial charge in [0.2, 0.25) is 5.91 Å². The molecule has 24 heavy (non-hydrogen) atoms. The highest BCUT2D eigenvalue weighted by Gasteiger charge is 2.22. The van der Waals surface area contributed by atoms with Crippen LogP contribution in [0.25, 0.3) is 0 Å². The van der Waals surface area contributed by atoms with Crippen LogP contribution in [0, 0.1) is 0 Å². The van der Waals surface area contributed by atoms with Crippen molar-refractivity contribution in [2.45, 2.75) is 31.9 Å². The van der Waals surface area contributed by atoms with Gasteiger partial charge in [-0.05, 0) is 25.5 Å². The van der Waals surface area contributed by atoms with Gasteiger partial charge in [0.25, 0.3) is 0 Å². The van der Waals surface area contributed by atoms with E-state index in [1.54, 1.807) is 0 Å². The highest BCUT2D eigenvalue weighted by atomic mass is 16.5. The number of nitrogens with zero attached hydrogens (tertiary/aromatic N) is 2. The normalized spacial score (nSPS) is 18.2. The monoisotopic (exact) mass is 335 g/mol. The smallest absolute Gasteiger partial charge is 0.222 e. The molecular weight excluding hydrogens is 306 g/mol. The molecule has 3 N–H and O–H groups in total. The number of nitrogens with two attached hydrogens (primary N) is 1. The molecule has 2 unspecified atom stereocenters. The number of piperazine rings is 1. The van der Waals surface area contributed by atoms with Crippen LogP contribution in [-0.2, 0) is 4.79 Å². The van der Waals surface area contributed by atoms with E-state index >= 15 is 0 Å². The minimum Gasteiger partial charge on any atom is -0.491 e. The van der Waals surface area contributed by atoms with Gasteiger partial charge in [-0.2, -0.15) is 0 Å². The Morgan fingerprint density at radius 2 is 1.92 bits per heavy atom. The molecule has 0 aliphatic carbocycles. The van der Waals surface area contributed by atoms with E-state index < -0.39 is 6.10 Å². The number of aliphatic hydroxyl groups is 1. The van der Waals surface area contributed by atoms with Crippen molar-refractivity contribution in [3.63, 3.8) is 0 Å². The summed E-state index contributed by atoms with van der Waals surface area (Å²) in [5, 5.41) is 10.1. The molecule has 0 aromatic heterocycles. The lowest BCUT2D eigenvalue weighted by Gasteiger charge is -2.35. The lowest BCUT2D eigenvalue weighted by Crippen LogP contribution is -2.51. The lowest BCUT2D eigenvalue weighted by molar-refractivity contribution is -0.133. The highest BCUT2D eigenvalue weighted by molar-refractivity contribution is 5.76. The maximum atomic E-state index is 12.1. The summed E-state index contributed by atoms with van der Waals surface area (Å²) in [6, 6.07) is 9.55. The van der Waals surface area contributed by atoms with E-state index in [0.29, 0.717) is 26.1 Å². The molecule has 0 radical (unpaired) electrons. The summed E-state index contributed by atoms with van der Waals surface area (Å²) >= 11 is 0. The van der Waals surface area contributed by atoms with Crippen LogP contribution >= 0.6 is 0 Å². The largest absolute Gasteiger partial charge is 0.491 e. The average molecular weight is 335 g/mol. The van der Waals surface area contributed by atoms with Gasteiger partial charge in [0.15, 0.2) is 0 Å². The second kappa shape index (κ2) is 9.61. The van der Waals surface area contributed by atoms with Crippen molar-refractivity contribution in [2.24, 2.45) is 5.73 Å². The Morgan fingerprint density at radius 1 is 1.25 bits per heavy atom. The summed E-state index contributed by atoms with van der Waals surface area (Å²) in [5.74, 6) is 0.945. The number of para-hydroxylation sites is 1. The van der Waals surface area contributed by atoms with E-state index in [0.717, 1.165) is 25.3 Å². The molecule has 2 atom stereocenters. The Kier molecular flexibility index (Phi) is 7.49. The highest BCUT2D eigenvalue weighted by Crippen LogP contribution is 2.10. The fourth-order valence-electron chi connectivity index (χ4n) is 2.75. The molecule has 134 valence electrons. The van der Waals surface area contributed by atoms with Gasteiger partial charge in [-0.15, -0.1) is 0 Å². The molecule has 1 saturated heterocycles. The quantitative estimate of drug-likeness (QED) is 0.731. The van der Waals surface area contributed by atoms with Crippen LogP contribution in [0.5, 0.6) is 5.75 Å². The number of ether oxygens (including phenoxy) is 1. The first-order valence-electron chi connectivity index (χ1n) is 8.66. The number of hydrogen-bond acceptors (Lipinski definition) is 5. The summed E-state index contributed by atoms with van der Waals surface area (Å²) in [6.45, 7) is 5.75. The number of amides is 1. The number of benzene rings is 1. The molecule has 2 rings (SSSR count). The molecule has 1 heterocycles. The number of hydrogen-bond donors (Lipinski definition) is 2. The SMILES string of the molecule is CC(N)CCC(=O)N1CCN(CC(O)COc2ccccc2)CC1. The van der Waals surface area contributed by atoms with E-state index in [9.17, 15) is 9.90 Å². The van der Waals surface area contributed by atoms with Crippen molar-refractivity contribution in [2.75, 3.05) is 39.3 Å². The first-order chi connectivity index (χ1) is 11.5. The summed E-state index contributed by atoms with van der Waals surface area (Å²) in [6.07, 6.45) is 0.713. The van der Waals surface area contributed by atoms with Crippen LogP contribution in [0.3, 0.4) is 0 Å². The Balaban J connectivity index is 1.64. The molecule has 1 fully saturated rings. The molecule has 6 nitrogen and oxygen atoms in total. The second-order valence-electron chi connectivity index (χ2n) is 6.48. The van der Waals surface area contributed by atoms with Gasteiger partial charge in [0.05, 0.1) is 0 Å². The molecule has 1 aliphatic heterocycles. The van der Waals surface area contributed by atoms with Crippen molar-refractivity contribution < 1.29 is 14.6 Å². The molecular formula is C18H29N3O3.